The molecule has 2 nitrogen and oxygen atoms in total. The number of rotatable bonds is 6. The highest BCUT2D eigenvalue weighted by molar-refractivity contribution is 9.10. The van der Waals surface area contributed by atoms with Crippen molar-refractivity contribution in [2.75, 3.05) is 26.2 Å². The standard InChI is InChI=1S/C18H29BrN2/c1-4-20-17(15-6-5-7-16(19)14-15)8-11-21-12-9-18(2,3)10-13-21/h5-7,14,17,20H,4,8-13H2,1-3H3. The fourth-order valence-corrected chi connectivity index (χ4v) is 3.47. The average Bonchev–Trinajstić information content (AvgIpc) is 2.44. The lowest BCUT2D eigenvalue weighted by molar-refractivity contribution is 0.128. The molecule has 0 saturated carbocycles. The zero-order valence-corrected chi connectivity index (χ0v) is 15.2. The molecule has 3 heteroatoms. The van der Waals surface area contributed by atoms with Gasteiger partial charge in [-0.2, -0.15) is 0 Å². The van der Waals surface area contributed by atoms with E-state index in [9.17, 15) is 0 Å². The summed E-state index contributed by atoms with van der Waals surface area (Å²) in [6, 6.07) is 9.17. The van der Waals surface area contributed by atoms with Gasteiger partial charge in [0, 0.05) is 10.5 Å². The average molecular weight is 353 g/mol. The molecule has 1 atom stereocenters. The van der Waals surface area contributed by atoms with Gasteiger partial charge in [-0.15, -0.1) is 0 Å². The molecule has 1 saturated heterocycles. The van der Waals surface area contributed by atoms with Crippen LogP contribution in [0.5, 0.6) is 0 Å². The highest BCUT2D eigenvalue weighted by Gasteiger charge is 2.25. The Morgan fingerprint density at radius 3 is 2.62 bits per heavy atom. The smallest absolute Gasteiger partial charge is 0.0332 e. The Balaban J connectivity index is 1.89. The molecule has 1 aliphatic rings. The summed E-state index contributed by atoms with van der Waals surface area (Å²) in [6.45, 7) is 11.7. The molecule has 1 N–H and O–H groups in total. The lowest BCUT2D eigenvalue weighted by Gasteiger charge is -2.37. The lowest BCUT2D eigenvalue weighted by Crippen LogP contribution is -2.39. The third kappa shape index (κ3) is 5.39. The molecule has 0 spiro atoms. The van der Waals surface area contributed by atoms with E-state index in [2.05, 4.69) is 71.2 Å². The van der Waals surface area contributed by atoms with Gasteiger partial charge in [-0.05, 0) is 68.6 Å². The van der Waals surface area contributed by atoms with Crippen LogP contribution >= 0.6 is 15.9 Å². The highest BCUT2D eigenvalue weighted by Crippen LogP contribution is 2.30. The second kappa shape index (κ2) is 7.75. The quantitative estimate of drug-likeness (QED) is 0.803. The number of halogens is 1. The van der Waals surface area contributed by atoms with Crippen LogP contribution in [-0.2, 0) is 0 Å². The molecule has 1 aromatic rings. The monoisotopic (exact) mass is 352 g/mol. The van der Waals surface area contributed by atoms with E-state index in [-0.39, 0.29) is 0 Å². The Bertz CT molecular complexity index is 435. The van der Waals surface area contributed by atoms with E-state index in [1.807, 2.05) is 0 Å². The van der Waals surface area contributed by atoms with Crippen LogP contribution in [0.3, 0.4) is 0 Å². The fourth-order valence-electron chi connectivity index (χ4n) is 3.05. The first-order chi connectivity index (χ1) is 10.00. The predicted octanol–water partition coefficient (Wildman–Crippen LogP) is 4.61. The van der Waals surface area contributed by atoms with Crippen molar-refractivity contribution in [1.29, 1.82) is 0 Å². The van der Waals surface area contributed by atoms with Crippen molar-refractivity contribution < 1.29 is 0 Å². The van der Waals surface area contributed by atoms with Crippen molar-refractivity contribution in [2.24, 2.45) is 5.41 Å². The minimum atomic E-state index is 0.461. The van der Waals surface area contributed by atoms with E-state index in [0.29, 0.717) is 11.5 Å². The first-order valence-electron chi connectivity index (χ1n) is 8.21. The molecule has 21 heavy (non-hydrogen) atoms. The predicted molar refractivity (Wildman–Crippen MR) is 94.6 cm³/mol. The van der Waals surface area contributed by atoms with Crippen LogP contribution in [-0.4, -0.2) is 31.1 Å². The number of nitrogens with zero attached hydrogens (tertiary/aromatic N) is 1. The Labute approximate surface area is 138 Å². The van der Waals surface area contributed by atoms with E-state index in [4.69, 9.17) is 0 Å². The normalized spacial score (nSPS) is 20.4. The molecule has 0 amide bonds. The molecule has 0 bridgehead atoms. The van der Waals surface area contributed by atoms with Crippen LogP contribution in [0.4, 0.5) is 0 Å². The van der Waals surface area contributed by atoms with Crippen LogP contribution in [0.25, 0.3) is 0 Å². The number of likely N-dealkylation sites (tertiary alicyclic amines) is 1. The molecule has 1 heterocycles. The van der Waals surface area contributed by atoms with Crippen molar-refractivity contribution in [2.45, 2.75) is 46.1 Å². The van der Waals surface area contributed by atoms with Gasteiger partial charge in [0.1, 0.15) is 0 Å². The molecule has 0 radical (unpaired) electrons. The van der Waals surface area contributed by atoms with E-state index in [1.165, 1.54) is 48.9 Å². The fraction of sp³-hybridized carbons (Fsp3) is 0.667. The maximum Gasteiger partial charge on any atom is 0.0332 e. The van der Waals surface area contributed by atoms with E-state index >= 15 is 0 Å². The third-order valence-corrected chi connectivity index (χ3v) is 5.14. The summed E-state index contributed by atoms with van der Waals surface area (Å²) in [4.78, 5) is 2.63. The van der Waals surface area contributed by atoms with Gasteiger partial charge in [0.05, 0.1) is 0 Å². The number of nitrogens with one attached hydrogen (secondary N) is 1. The van der Waals surface area contributed by atoms with Gasteiger partial charge in [-0.25, -0.2) is 0 Å². The van der Waals surface area contributed by atoms with E-state index < -0.39 is 0 Å². The topological polar surface area (TPSA) is 15.3 Å². The summed E-state index contributed by atoms with van der Waals surface area (Å²) in [5.74, 6) is 0. The molecular weight excluding hydrogens is 324 g/mol. The zero-order chi connectivity index (χ0) is 15.3. The van der Waals surface area contributed by atoms with Gasteiger partial charge < -0.3 is 10.2 Å². The van der Waals surface area contributed by atoms with Gasteiger partial charge in [-0.1, -0.05) is 48.8 Å². The lowest BCUT2D eigenvalue weighted by atomic mass is 9.82. The van der Waals surface area contributed by atoms with Crippen LogP contribution in [0.1, 0.15) is 51.6 Å². The summed E-state index contributed by atoms with van der Waals surface area (Å²) in [7, 11) is 0. The SMILES string of the molecule is CCNC(CCN1CCC(C)(C)CC1)c1cccc(Br)c1. The minimum absolute atomic E-state index is 0.461. The van der Waals surface area contributed by atoms with Crippen molar-refractivity contribution in [1.82, 2.24) is 10.2 Å². The van der Waals surface area contributed by atoms with Crippen LogP contribution in [0.15, 0.2) is 28.7 Å². The summed E-state index contributed by atoms with van der Waals surface area (Å²) in [5.41, 5.74) is 1.94. The second-order valence-electron chi connectivity index (χ2n) is 6.96. The first-order valence-corrected chi connectivity index (χ1v) is 9.01. The number of hydrogen-bond acceptors (Lipinski definition) is 2. The van der Waals surface area contributed by atoms with Gasteiger partial charge >= 0.3 is 0 Å². The highest BCUT2D eigenvalue weighted by atomic mass is 79.9. The largest absolute Gasteiger partial charge is 0.310 e. The van der Waals surface area contributed by atoms with Gasteiger partial charge in [0.2, 0.25) is 0 Å². The molecule has 1 aliphatic heterocycles. The third-order valence-electron chi connectivity index (χ3n) is 4.65. The maximum absolute atomic E-state index is 3.63. The Kier molecular flexibility index (Phi) is 6.27. The molecule has 0 aliphatic carbocycles. The van der Waals surface area contributed by atoms with Gasteiger partial charge in [-0.3, -0.25) is 0 Å². The first kappa shape index (κ1) is 17.0. The van der Waals surface area contributed by atoms with Crippen LogP contribution in [0, 0.1) is 5.41 Å². The Morgan fingerprint density at radius 1 is 1.29 bits per heavy atom. The molecular formula is C18H29BrN2. The Hall–Kier alpha value is -0.380. The van der Waals surface area contributed by atoms with Crippen molar-refractivity contribution >= 4 is 15.9 Å². The molecule has 1 unspecified atom stereocenters. The number of piperidine rings is 1. The molecule has 1 fully saturated rings. The van der Waals surface area contributed by atoms with Crippen molar-refractivity contribution in [3.05, 3.63) is 34.3 Å². The van der Waals surface area contributed by atoms with Crippen LogP contribution < -0.4 is 5.32 Å². The van der Waals surface area contributed by atoms with Crippen LogP contribution in [0.2, 0.25) is 0 Å². The van der Waals surface area contributed by atoms with Crippen molar-refractivity contribution in [3.63, 3.8) is 0 Å². The van der Waals surface area contributed by atoms with Gasteiger partial charge in [0.15, 0.2) is 0 Å². The maximum atomic E-state index is 3.63. The number of hydrogen-bond donors (Lipinski definition) is 1. The molecule has 1 aromatic carbocycles. The zero-order valence-electron chi connectivity index (χ0n) is 13.7. The summed E-state index contributed by atoms with van der Waals surface area (Å²) >= 11 is 3.58. The molecule has 2 rings (SSSR count). The second-order valence-corrected chi connectivity index (χ2v) is 7.88. The van der Waals surface area contributed by atoms with Crippen molar-refractivity contribution in [3.8, 4) is 0 Å². The minimum Gasteiger partial charge on any atom is -0.310 e. The summed E-state index contributed by atoms with van der Waals surface area (Å²) in [5, 5.41) is 3.63. The summed E-state index contributed by atoms with van der Waals surface area (Å²) in [6.07, 6.45) is 3.84. The molecule has 0 aromatic heterocycles. The van der Waals surface area contributed by atoms with E-state index in [0.717, 1.165) is 6.54 Å². The van der Waals surface area contributed by atoms with Gasteiger partial charge in [0.25, 0.3) is 0 Å². The van der Waals surface area contributed by atoms with E-state index in [1.54, 1.807) is 0 Å². The molecule has 118 valence electrons. The Morgan fingerprint density at radius 2 is 2.00 bits per heavy atom. The summed E-state index contributed by atoms with van der Waals surface area (Å²) < 4.78 is 1.17. The number of benzene rings is 1.